The number of hydrogen-bond donors (Lipinski definition) is 1. The van der Waals surface area contributed by atoms with E-state index in [-0.39, 0.29) is 18.7 Å². The monoisotopic (exact) mass is 329 g/mol. The number of piperazine rings is 1. The molecule has 1 aliphatic rings. The van der Waals surface area contributed by atoms with Gasteiger partial charge in [-0.1, -0.05) is 0 Å². The van der Waals surface area contributed by atoms with Crippen molar-refractivity contribution in [1.29, 1.82) is 0 Å². The van der Waals surface area contributed by atoms with Gasteiger partial charge in [-0.05, 0) is 33.8 Å². The van der Waals surface area contributed by atoms with Crippen LogP contribution < -0.4 is 9.80 Å². The second-order valence-electron chi connectivity index (χ2n) is 6.23. The minimum absolute atomic E-state index is 0.150. The van der Waals surface area contributed by atoms with Gasteiger partial charge in [-0.25, -0.2) is 15.0 Å². The summed E-state index contributed by atoms with van der Waals surface area (Å²) in [6, 6.07) is 2.33. The predicted molar refractivity (Wildman–Crippen MR) is 90.9 cm³/mol. The lowest BCUT2D eigenvalue weighted by Crippen LogP contribution is -2.58. The average Bonchev–Trinajstić information content (AvgIpc) is 2.53. The molecule has 2 atom stereocenters. The van der Waals surface area contributed by atoms with Crippen molar-refractivity contribution in [3.63, 3.8) is 0 Å². The van der Waals surface area contributed by atoms with Gasteiger partial charge in [0.15, 0.2) is 5.82 Å². The largest absolute Gasteiger partial charge is 0.388 e. The van der Waals surface area contributed by atoms with Crippen LogP contribution >= 0.6 is 0 Å². The first kappa shape index (κ1) is 16.5. The SMILES string of the molecule is Cc1nc(C)nc(N2C(C)CN(c3ccnc(CO)n3)CC2C)n1. The van der Waals surface area contributed by atoms with Gasteiger partial charge in [0.2, 0.25) is 5.95 Å². The summed E-state index contributed by atoms with van der Waals surface area (Å²) in [5.74, 6) is 3.50. The van der Waals surface area contributed by atoms with E-state index in [4.69, 9.17) is 0 Å². The molecule has 1 fully saturated rings. The molecule has 1 aliphatic heterocycles. The third-order valence-corrected chi connectivity index (χ3v) is 4.15. The summed E-state index contributed by atoms with van der Waals surface area (Å²) in [6.07, 6.45) is 1.69. The predicted octanol–water partition coefficient (Wildman–Crippen LogP) is 0.874. The van der Waals surface area contributed by atoms with Crippen LogP contribution in [-0.2, 0) is 6.61 Å². The van der Waals surface area contributed by atoms with E-state index in [1.165, 1.54) is 0 Å². The molecule has 2 unspecified atom stereocenters. The number of nitrogens with zero attached hydrogens (tertiary/aromatic N) is 7. The minimum atomic E-state index is -0.150. The Balaban J connectivity index is 1.83. The summed E-state index contributed by atoms with van der Waals surface area (Å²) in [7, 11) is 0. The van der Waals surface area contributed by atoms with E-state index in [9.17, 15) is 5.11 Å². The van der Waals surface area contributed by atoms with E-state index < -0.39 is 0 Å². The van der Waals surface area contributed by atoms with Crippen LogP contribution in [0.3, 0.4) is 0 Å². The number of rotatable bonds is 3. The molecule has 0 saturated carbocycles. The number of anilines is 2. The highest BCUT2D eigenvalue weighted by Crippen LogP contribution is 2.24. The molecule has 2 aromatic heterocycles. The van der Waals surface area contributed by atoms with Crippen molar-refractivity contribution >= 4 is 11.8 Å². The molecule has 8 heteroatoms. The molecule has 0 bridgehead atoms. The van der Waals surface area contributed by atoms with Gasteiger partial charge in [0, 0.05) is 31.4 Å². The number of aryl methyl sites for hydroxylation is 2. The van der Waals surface area contributed by atoms with Crippen LogP contribution in [0.1, 0.15) is 31.3 Å². The highest BCUT2D eigenvalue weighted by Gasteiger charge is 2.32. The Morgan fingerprint density at radius 2 is 1.67 bits per heavy atom. The molecule has 8 nitrogen and oxygen atoms in total. The van der Waals surface area contributed by atoms with Gasteiger partial charge in [0.1, 0.15) is 24.1 Å². The van der Waals surface area contributed by atoms with Crippen LogP contribution in [-0.4, -0.2) is 55.2 Å². The average molecular weight is 329 g/mol. The zero-order valence-corrected chi connectivity index (χ0v) is 14.5. The third kappa shape index (κ3) is 3.28. The Labute approximate surface area is 141 Å². The van der Waals surface area contributed by atoms with Crippen molar-refractivity contribution in [1.82, 2.24) is 24.9 Å². The topological polar surface area (TPSA) is 91.2 Å². The normalized spacial score (nSPS) is 21.2. The first-order chi connectivity index (χ1) is 11.5. The Bertz CT molecular complexity index is 691. The number of aliphatic hydroxyl groups excluding tert-OH is 1. The number of hydrogen-bond acceptors (Lipinski definition) is 8. The van der Waals surface area contributed by atoms with Gasteiger partial charge >= 0.3 is 0 Å². The van der Waals surface area contributed by atoms with Crippen molar-refractivity contribution in [3.8, 4) is 0 Å². The Morgan fingerprint density at radius 1 is 1.04 bits per heavy atom. The van der Waals surface area contributed by atoms with Crippen molar-refractivity contribution in [2.45, 2.75) is 46.4 Å². The summed E-state index contributed by atoms with van der Waals surface area (Å²) < 4.78 is 0. The molecule has 0 amide bonds. The zero-order valence-electron chi connectivity index (χ0n) is 14.5. The quantitative estimate of drug-likeness (QED) is 0.887. The molecule has 128 valence electrons. The van der Waals surface area contributed by atoms with Crippen LogP contribution in [0, 0.1) is 13.8 Å². The van der Waals surface area contributed by atoms with Gasteiger partial charge in [-0.15, -0.1) is 0 Å². The van der Waals surface area contributed by atoms with E-state index in [0.717, 1.165) is 36.5 Å². The van der Waals surface area contributed by atoms with Crippen LogP contribution in [0.25, 0.3) is 0 Å². The molecule has 3 rings (SSSR count). The van der Waals surface area contributed by atoms with Crippen LogP contribution in [0.4, 0.5) is 11.8 Å². The fourth-order valence-electron chi connectivity index (χ4n) is 3.26. The molecule has 0 aromatic carbocycles. The van der Waals surface area contributed by atoms with Crippen LogP contribution in [0.2, 0.25) is 0 Å². The molecule has 2 aromatic rings. The molecule has 0 aliphatic carbocycles. The van der Waals surface area contributed by atoms with Crippen molar-refractivity contribution < 1.29 is 5.11 Å². The lowest BCUT2D eigenvalue weighted by molar-refractivity contribution is 0.271. The van der Waals surface area contributed by atoms with Crippen molar-refractivity contribution in [2.75, 3.05) is 22.9 Å². The maximum absolute atomic E-state index is 9.23. The highest BCUT2D eigenvalue weighted by atomic mass is 16.3. The second-order valence-corrected chi connectivity index (χ2v) is 6.23. The number of aromatic nitrogens is 5. The van der Waals surface area contributed by atoms with Crippen molar-refractivity contribution in [2.24, 2.45) is 0 Å². The minimum Gasteiger partial charge on any atom is -0.388 e. The molecule has 0 spiro atoms. The van der Waals surface area contributed by atoms with E-state index in [0.29, 0.717) is 5.82 Å². The summed E-state index contributed by atoms with van der Waals surface area (Å²) in [5, 5.41) is 9.23. The fourth-order valence-corrected chi connectivity index (χ4v) is 3.26. The van der Waals surface area contributed by atoms with E-state index >= 15 is 0 Å². The maximum Gasteiger partial charge on any atom is 0.229 e. The van der Waals surface area contributed by atoms with E-state index in [1.54, 1.807) is 6.20 Å². The van der Waals surface area contributed by atoms with E-state index in [1.807, 2.05) is 19.9 Å². The van der Waals surface area contributed by atoms with Gasteiger partial charge in [-0.3, -0.25) is 0 Å². The summed E-state index contributed by atoms with van der Waals surface area (Å²) in [5.41, 5.74) is 0. The van der Waals surface area contributed by atoms with Crippen molar-refractivity contribution in [3.05, 3.63) is 29.7 Å². The maximum atomic E-state index is 9.23. The standard InChI is InChI=1S/C16H23N7O/c1-10-7-22(15-5-6-17-14(9-24)21-15)8-11(2)23(10)16-19-12(3)18-13(4)20-16/h5-6,10-11,24H,7-9H2,1-4H3. The zero-order chi connectivity index (χ0) is 17.3. The lowest BCUT2D eigenvalue weighted by atomic mass is 10.1. The molecule has 0 radical (unpaired) electrons. The Kier molecular flexibility index (Phi) is 4.57. The fraction of sp³-hybridized carbons (Fsp3) is 0.562. The van der Waals surface area contributed by atoms with Crippen LogP contribution in [0.5, 0.6) is 0 Å². The first-order valence-corrected chi connectivity index (χ1v) is 8.13. The molecule has 1 saturated heterocycles. The van der Waals surface area contributed by atoms with Crippen LogP contribution in [0.15, 0.2) is 12.3 Å². The first-order valence-electron chi connectivity index (χ1n) is 8.13. The molecule has 1 N–H and O–H groups in total. The second kappa shape index (κ2) is 6.64. The lowest BCUT2D eigenvalue weighted by Gasteiger charge is -2.45. The van der Waals surface area contributed by atoms with Gasteiger partial charge in [0.25, 0.3) is 0 Å². The summed E-state index contributed by atoms with van der Waals surface area (Å²) in [6.45, 7) is 9.55. The molecular weight excluding hydrogens is 306 g/mol. The summed E-state index contributed by atoms with van der Waals surface area (Å²) in [4.78, 5) is 26.2. The Hall–Kier alpha value is -2.35. The number of aliphatic hydroxyl groups is 1. The summed E-state index contributed by atoms with van der Waals surface area (Å²) >= 11 is 0. The van der Waals surface area contributed by atoms with Gasteiger partial charge < -0.3 is 14.9 Å². The third-order valence-electron chi connectivity index (χ3n) is 4.15. The van der Waals surface area contributed by atoms with E-state index in [2.05, 4.69) is 48.6 Å². The molecular formula is C16H23N7O. The van der Waals surface area contributed by atoms with Gasteiger partial charge in [0.05, 0.1) is 0 Å². The smallest absolute Gasteiger partial charge is 0.229 e. The Morgan fingerprint density at radius 3 is 2.25 bits per heavy atom. The van der Waals surface area contributed by atoms with Gasteiger partial charge in [-0.2, -0.15) is 9.97 Å². The molecule has 24 heavy (non-hydrogen) atoms. The molecule has 3 heterocycles. The highest BCUT2D eigenvalue weighted by molar-refractivity contribution is 5.44.